The van der Waals surface area contributed by atoms with E-state index in [1.54, 1.807) is 34.9 Å². The molecule has 0 spiro atoms. The van der Waals surface area contributed by atoms with E-state index in [4.69, 9.17) is 23.2 Å². The van der Waals surface area contributed by atoms with Crippen molar-refractivity contribution >= 4 is 40.9 Å². The molecule has 1 unspecified atom stereocenters. The summed E-state index contributed by atoms with van der Waals surface area (Å²) in [7, 11) is 0. The van der Waals surface area contributed by atoms with Crippen molar-refractivity contribution < 1.29 is 14.4 Å². The van der Waals surface area contributed by atoms with Gasteiger partial charge in [-0.2, -0.15) is 0 Å². The molecule has 0 aromatic heterocycles. The minimum absolute atomic E-state index is 0.0355. The van der Waals surface area contributed by atoms with Crippen molar-refractivity contribution in [3.8, 4) is 0 Å². The number of nitrogens with one attached hydrogen (secondary N) is 1. The molecular weight excluding hydrogens is 437 g/mol. The van der Waals surface area contributed by atoms with Crippen LogP contribution in [0.25, 0.3) is 0 Å². The maximum Gasteiger partial charge on any atom is 0.253 e. The number of amides is 3. The first kappa shape index (κ1) is 23.1. The molecule has 2 aromatic rings. The number of nitrogens with zero attached hydrogens (tertiary/aromatic N) is 2. The Morgan fingerprint density at radius 1 is 0.968 bits per heavy atom. The summed E-state index contributed by atoms with van der Waals surface area (Å²) >= 11 is 12.0. The van der Waals surface area contributed by atoms with E-state index in [1.165, 1.54) is 5.56 Å². The highest BCUT2D eigenvalue weighted by atomic mass is 35.5. The lowest BCUT2D eigenvalue weighted by molar-refractivity contribution is -0.134. The molecule has 2 aromatic carbocycles. The van der Waals surface area contributed by atoms with Crippen LogP contribution in [0.3, 0.4) is 0 Å². The van der Waals surface area contributed by atoms with Gasteiger partial charge in [-0.25, -0.2) is 0 Å². The lowest BCUT2D eigenvalue weighted by atomic mass is 10.1. The van der Waals surface area contributed by atoms with Gasteiger partial charge in [0, 0.05) is 31.7 Å². The van der Waals surface area contributed by atoms with Crippen LogP contribution in [-0.2, 0) is 11.2 Å². The Kier molecular flexibility index (Phi) is 7.57. The van der Waals surface area contributed by atoms with Gasteiger partial charge in [-0.15, -0.1) is 0 Å². The van der Waals surface area contributed by atoms with Crippen molar-refractivity contribution in [1.29, 1.82) is 0 Å². The topological polar surface area (TPSA) is 69.7 Å². The van der Waals surface area contributed by atoms with Crippen molar-refractivity contribution in [2.75, 3.05) is 26.2 Å². The fraction of sp³-hybridized carbons (Fsp3) is 0.348. The molecule has 1 N–H and O–H groups in total. The van der Waals surface area contributed by atoms with Gasteiger partial charge < -0.3 is 15.1 Å². The molecule has 1 saturated heterocycles. The molecule has 31 heavy (non-hydrogen) atoms. The van der Waals surface area contributed by atoms with Gasteiger partial charge in [0.2, 0.25) is 5.91 Å². The van der Waals surface area contributed by atoms with Crippen LogP contribution in [0.1, 0.15) is 40.1 Å². The Balaban J connectivity index is 1.54. The van der Waals surface area contributed by atoms with Gasteiger partial charge in [-0.3, -0.25) is 14.4 Å². The minimum atomic E-state index is -0.730. The van der Waals surface area contributed by atoms with E-state index in [-0.39, 0.29) is 27.4 Å². The third kappa shape index (κ3) is 5.38. The number of piperazine rings is 1. The van der Waals surface area contributed by atoms with Gasteiger partial charge in [-0.1, -0.05) is 48.3 Å². The lowest BCUT2D eigenvalue weighted by Crippen LogP contribution is -2.55. The summed E-state index contributed by atoms with van der Waals surface area (Å²) in [4.78, 5) is 41.4. The summed E-state index contributed by atoms with van der Waals surface area (Å²) < 4.78 is 0. The Morgan fingerprint density at radius 2 is 1.58 bits per heavy atom. The molecule has 0 saturated carbocycles. The van der Waals surface area contributed by atoms with Gasteiger partial charge >= 0.3 is 0 Å². The number of halogens is 2. The second-order valence-electron chi connectivity index (χ2n) is 7.46. The van der Waals surface area contributed by atoms with E-state index in [2.05, 4.69) is 12.2 Å². The molecule has 8 heteroatoms. The van der Waals surface area contributed by atoms with E-state index >= 15 is 0 Å². The van der Waals surface area contributed by atoms with Crippen LogP contribution in [0.5, 0.6) is 0 Å². The van der Waals surface area contributed by atoms with Crippen LogP contribution in [0.15, 0.2) is 42.5 Å². The quantitative estimate of drug-likeness (QED) is 0.738. The Labute approximate surface area is 192 Å². The smallest absolute Gasteiger partial charge is 0.253 e. The highest BCUT2D eigenvalue weighted by molar-refractivity contribution is 6.43. The minimum Gasteiger partial charge on any atom is -0.340 e. The molecule has 0 aliphatic carbocycles. The number of hydrogen-bond donors (Lipinski definition) is 1. The first-order valence-corrected chi connectivity index (χ1v) is 11.0. The average Bonchev–Trinajstić information content (AvgIpc) is 2.80. The molecule has 1 atom stereocenters. The van der Waals surface area contributed by atoms with E-state index in [0.717, 1.165) is 6.42 Å². The number of aryl methyl sites for hydroxylation is 1. The normalized spacial score (nSPS) is 14.8. The zero-order valence-electron chi connectivity index (χ0n) is 17.5. The predicted molar refractivity (Wildman–Crippen MR) is 122 cm³/mol. The molecule has 3 rings (SSSR count). The second kappa shape index (κ2) is 10.2. The average molecular weight is 462 g/mol. The first-order valence-electron chi connectivity index (χ1n) is 10.2. The molecule has 6 nitrogen and oxygen atoms in total. The van der Waals surface area contributed by atoms with Crippen molar-refractivity contribution in [2.24, 2.45) is 0 Å². The van der Waals surface area contributed by atoms with Gasteiger partial charge in [0.25, 0.3) is 11.8 Å². The molecule has 1 aliphatic rings. The van der Waals surface area contributed by atoms with Gasteiger partial charge in [0.05, 0.1) is 15.6 Å². The van der Waals surface area contributed by atoms with E-state index in [0.29, 0.717) is 31.7 Å². The predicted octanol–water partition coefficient (Wildman–Crippen LogP) is 3.66. The molecule has 3 amide bonds. The highest BCUT2D eigenvalue weighted by Gasteiger charge is 2.28. The Morgan fingerprint density at radius 3 is 2.19 bits per heavy atom. The number of benzene rings is 2. The third-order valence-electron chi connectivity index (χ3n) is 5.40. The van der Waals surface area contributed by atoms with E-state index in [9.17, 15) is 14.4 Å². The molecular formula is C23H25Cl2N3O3. The molecule has 0 radical (unpaired) electrons. The first-order chi connectivity index (χ1) is 14.8. The van der Waals surface area contributed by atoms with Crippen LogP contribution >= 0.6 is 23.2 Å². The Hall–Kier alpha value is -2.57. The molecule has 0 bridgehead atoms. The summed E-state index contributed by atoms with van der Waals surface area (Å²) in [5, 5.41) is 3.11. The third-order valence-corrected chi connectivity index (χ3v) is 6.22. The number of hydrogen-bond acceptors (Lipinski definition) is 3. The number of carbonyl (C=O) groups is 3. The SMILES string of the molecule is CCc1ccc(C(=O)N2CCN(C(=O)C(C)NC(=O)c3cccc(Cl)c3Cl)CC2)cc1. The largest absolute Gasteiger partial charge is 0.340 e. The van der Waals surface area contributed by atoms with Crippen molar-refractivity contribution in [1.82, 2.24) is 15.1 Å². The van der Waals surface area contributed by atoms with E-state index < -0.39 is 11.9 Å². The molecule has 1 heterocycles. The summed E-state index contributed by atoms with van der Waals surface area (Å²) in [6.45, 7) is 5.42. The van der Waals surface area contributed by atoms with Crippen molar-refractivity contribution in [3.05, 3.63) is 69.2 Å². The lowest BCUT2D eigenvalue weighted by Gasteiger charge is -2.36. The van der Waals surface area contributed by atoms with Gasteiger partial charge in [-0.05, 0) is 43.2 Å². The maximum absolute atomic E-state index is 12.8. The molecule has 164 valence electrons. The van der Waals surface area contributed by atoms with Crippen LogP contribution in [0.2, 0.25) is 10.0 Å². The fourth-order valence-electron chi connectivity index (χ4n) is 3.48. The van der Waals surface area contributed by atoms with Crippen LogP contribution in [0.4, 0.5) is 0 Å². The highest BCUT2D eigenvalue weighted by Crippen LogP contribution is 2.25. The summed E-state index contributed by atoms with van der Waals surface area (Å²) in [5.41, 5.74) is 2.05. The monoisotopic (exact) mass is 461 g/mol. The van der Waals surface area contributed by atoms with Crippen LogP contribution < -0.4 is 5.32 Å². The van der Waals surface area contributed by atoms with Crippen molar-refractivity contribution in [3.63, 3.8) is 0 Å². The zero-order chi connectivity index (χ0) is 22.5. The second-order valence-corrected chi connectivity index (χ2v) is 8.25. The standard InChI is InChI=1S/C23H25Cl2N3O3/c1-3-16-7-9-17(10-8-16)23(31)28-13-11-27(12-14-28)22(30)15(2)26-21(29)18-5-4-6-19(24)20(18)25/h4-10,15H,3,11-14H2,1-2H3,(H,26,29). The van der Waals surface area contributed by atoms with Crippen molar-refractivity contribution in [2.45, 2.75) is 26.3 Å². The van der Waals surface area contributed by atoms with Gasteiger partial charge in [0.1, 0.15) is 6.04 Å². The van der Waals surface area contributed by atoms with Gasteiger partial charge in [0.15, 0.2) is 0 Å². The summed E-state index contributed by atoms with van der Waals surface area (Å²) in [5.74, 6) is -0.699. The maximum atomic E-state index is 12.8. The Bertz CT molecular complexity index is 971. The van der Waals surface area contributed by atoms with Crippen LogP contribution in [0, 0.1) is 0 Å². The molecule has 1 fully saturated rings. The summed E-state index contributed by atoms with van der Waals surface area (Å²) in [6.07, 6.45) is 0.924. The fourth-order valence-corrected chi connectivity index (χ4v) is 3.87. The van der Waals surface area contributed by atoms with E-state index in [1.807, 2.05) is 24.3 Å². The number of rotatable bonds is 5. The zero-order valence-corrected chi connectivity index (χ0v) is 19.0. The summed E-state index contributed by atoms with van der Waals surface area (Å²) in [6, 6.07) is 11.7. The van der Waals surface area contributed by atoms with Crippen LogP contribution in [-0.4, -0.2) is 59.7 Å². The number of carbonyl (C=O) groups excluding carboxylic acids is 3. The molecule has 1 aliphatic heterocycles.